The van der Waals surface area contributed by atoms with Crippen molar-refractivity contribution in [3.05, 3.63) is 29.8 Å². The monoisotopic (exact) mass is 231 g/mol. The molecule has 0 aromatic heterocycles. The van der Waals surface area contributed by atoms with Crippen LogP contribution in [-0.4, -0.2) is 14.1 Å². The van der Waals surface area contributed by atoms with Gasteiger partial charge in [-0.05, 0) is 30.5 Å². The molecule has 0 aliphatic carbocycles. The minimum absolute atomic E-state index is 0.170. The second-order valence-corrected chi connectivity index (χ2v) is 4.31. The molecule has 3 N–H and O–H groups in total. The molecule has 1 aromatic rings. The molecule has 1 rings (SSSR count). The third kappa shape index (κ3) is 4.10. The summed E-state index contributed by atoms with van der Waals surface area (Å²) in [5.41, 5.74) is 5.24. The third-order valence-corrected chi connectivity index (χ3v) is 2.80. The maximum Gasteiger partial charge on any atom is 0.0461 e. The fourth-order valence-electron chi connectivity index (χ4n) is 1.77. The van der Waals surface area contributed by atoms with E-state index in [1.165, 1.54) is 11.3 Å². The van der Waals surface area contributed by atoms with Crippen LogP contribution in [0.1, 0.15) is 30.9 Å². The van der Waals surface area contributed by atoms with Gasteiger partial charge in [0.25, 0.3) is 0 Å². The van der Waals surface area contributed by atoms with E-state index in [2.05, 4.69) is 40.5 Å². The Hall–Kier alpha value is -1.50. The summed E-state index contributed by atoms with van der Waals surface area (Å²) in [5.74, 6) is 8.25. The molecule has 3 nitrogen and oxygen atoms in total. The summed E-state index contributed by atoms with van der Waals surface area (Å²) < 4.78 is 0. The van der Waals surface area contributed by atoms with Crippen molar-refractivity contribution in [3.8, 4) is 12.3 Å². The molecule has 92 valence electrons. The first-order valence-electron chi connectivity index (χ1n) is 5.86. The quantitative estimate of drug-likeness (QED) is 0.341. The molecule has 0 bridgehead atoms. The van der Waals surface area contributed by atoms with Crippen molar-refractivity contribution in [2.75, 3.05) is 19.0 Å². The molecule has 0 saturated heterocycles. The van der Waals surface area contributed by atoms with Crippen LogP contribution in [0, 0.1) is 12.3 Å². The van der Waals surface area contributed by atoms with Crippen LogP contribution in [0.15, 0.2) is 24.3 Å². The lowest BCUT2D eigenvalue weighted by atomic mass is 10.0. The van der Waals surface area contributed by atoms with Gasteiger partial charge >= 0.3 is 0 Å². The number of nitrogens with two attached hydrogens (primary N) is 1. The van der Waals surface area contributed by atoms with Gasteiger partial charge in [-0.1, -0.05) is 12.1 Å². The Morgan fingerprint density at radius 2 is 2.24 bits per heavy atom. The number of nitrogens with zero attached hydrogens (tertiary/aromatic N) is 1. The minimum atomic E-state index is 0.170. The van der Waals surface area contributed by atoms with Crippen molar-refractivity contribution in [1.82, 2.24) is 5.43 Å². The van der Waals surface area contributed by atoms with E-state index in [4.69, 9.17) is 12.3 Å². The van der Waals surface area contributed by atoms with Gasteiger partial charge in [0.2, 0.25) is 0 Å². The first-order chi connectivity index (χ1) is 8.19. The second kappa shape index (κ2) is 6.95. The molecular weight excluding hydrogens is 210 g/mol. The van der Waals surface area contributed by atoms with E-state index in [0.717, 1.165) is 19.3 Å². The number of hydrogen-bond acceptors (Lipinski definition) is 3. The summed E-state index contributed by atoms with van der Waals surface area (Å²) in [5, 5.41) is 0. The van der Waals surface area contributed by atoms with Gasteiger partial charge in [0.1, 0.15) is 0 Å². The maximum absolute atomic E-state index is 5.60. The summed E-state index contributed by atoms with van der Waals surface area (Å²) >= 11 is 0. The Bertz CT molecular complexity index is 379. The number of terminal acetylenes is 1. The van der Waals surface area contributed by atoms with Crippen molar-refractivity contribution in [1.29, 1.82) is 0 Å². The highest BCUT2D eigenvalue weighted by Crippen LogP contribution is 2.22. The standard InChI is InChI=1S/C14H21N3/c1-4-5-6-10-14(16-15)12-8-7-9-13(11-12)17(2)3/h1,7-9,11,14,16H,5-6,10,15H2,2-3H3. The van der Waals surface area contributed by atoms with Crippen LogP contribution in [0.5, 0.6) is 0 Å². The predicted molar refractivity (Wildman–Crippen MR) is 73.5 cm³/mol. The summed E-state index contributed by atoms with van der Waals surface area (Å²) in [7, 11) is 4.06. The van der Waals surface area contributed by atoms with Crippen molar-refractivity contribution in [3.63, 3.8) is 0 Å². The molecule has 1 atom stereocenters. The van der Waals surface area contributed by atoms with Gasteiger partial charge in [0, 0.05) is 32.2 Å². The summed E-state index contributed by atoms with van der Waals surface area (Å²) in [4.78, 5) is 2.08. The van der Waals surface area contributed by atoms with E-state index < -0.39 is 0 Å². The average Bonchev–Trinajstić information content (AvgIpc) is 2.35. The largest absolute Gasteiger partial charge is 0.378 e. The zero-order valence-electron chi connectivity index (χ0n) is 10.6. The number of anilines is 1. The topological polar surface area (TPSA) is 41.3 Å². The van der Waals surface area contributed by atoms with Crippen molar-refractivity contribution >= 4 is 5.69 Å². The molecule has 0 saturated carbocycles. The Morgan fingerprint density at radius 3 is 2.82 bits per heavy atom. The smallest absolute Gasteiger partial charge is 0.0461 e. The van der Waals surface area contributed by atoms with Crippen molar-refractivity contribution < 1.29 is 0 Å². The minimum Gasteiger partial charge on any atom is -0.378 e. The Balaban J connectivity index is 2.74. The van der Waals surface area contributed by atoms with Crippen LogP contribution in [0.4, 0.5) is 5.69 Å². The molecule has 1 unspecified atom stereocenters. The lowest BCUT2D eigenvalue weighted by molar-refractivity contribution is 0.502. The zero-order chi connectivity index (χ0) is 12.7. The van der Waals surface area contributed by atoms with E-state index in [-0.39, 0.29) is 6.04 Å². The number of nitrogens with one attached hydrogen (secondary N) is 1. The van der Waals surface area contributed by atoms with Gasteiger partial charge in [-0.3, -0.25) is 11.3 Å². The molecule has 0 amide bonds. The molecule has 0 aliphatic rings. The van der Waals surface area contributed by atoms with E-state index in [1.54, 1.807) is 0 Å². The lowest BCUT2D eigenvalue weighted by Gasteiger charge is -2.19. The third-order valence-electron chi connectivity index (χ3n) is 2.80. The Kier molecular flexibility index (Phi) is 5.55. The van der Waals surface area contributed by atoms with Gasteiger partial charge in [-0.15, -0.1) is 12.3 Å². The van der Waals surface area contributed by atoms with Crippen molar-refractivity contribution in [2.45, 2.75) is 25.3 Å². The first kappa shape index (κ1) is 13.6. The highest BCUT2D eigenvalue weighted by Gasteiger charge is 2.09. The molecule has 0 spiro atoms. The second-order valence-electron chi connectivity index (χ2n) is 4.31. The highest BCUT2D eigenvalue weighted by atomic mass is 15.2. The molecule has 0 heterocycles. The number of benzene rings is 1. The van der Waals surface area contributed by atoms with Gasteiger partial charge in [0.05, 0.1) is 0 Å². The van der Waals surface area contributed by atoms with E-state index in [0.29, 0.717) is 0 Å². The van der Waals surface area contributed by atoms with Gasteiger partial charge < -0.3 is 4.90 Å². The normalized spacial score (nSPS) is 11.9. The Morgan fingerprint density at radius 1 is 1.47 bits per heavy atom. The molecule has 0 fully saturated rings. The number of rotatable bonds is 6. The molecular formula is C14H21N3. The molecule has 3 heteroatoms. The summed E-state index contributed by atoms with van der Waals surface area (Å²) in [6.45, 7) is 0. The number of hydrazine groups is 1. The van der Waals surface area contributed by atoms with Crippen LogP contribution in [0.2, 0.25) is 0 Å². The van der Waals surface area contributed by atoms with E-state index >= 15 is 0 Å². The highest BCUT2D eigenvalue weighted by molar-refractivity contribution is 5.47. The zero-order valence-corrected chi connectivity index (χ0v) is 10.6. The first-order valence-corrected chi connectivity index (χ1v) is 5.86. The van der Waals surface area contributed by atoms with Crippen LogP contribution >= 0.6 is 0 Å². The molecule has 0 radical (unpaired) electrons. The number of unbranched alkanes of at least 4 members (excludes halogenated alkanes) is 1. The van der Waals surface area contributed by atoms with Crippen molar-refractivity contribution in [2.24, 2.45) is 5.84 Å². The summed E-state index contributed by atoms with van der Waals surface area (Å²) in [6, 6.07) is 8.55. The van der Waals surface area contributed by atoms with Crippen LogP contribution in [0.3, 0.4) is 0 Å². The fraction of sp³-hybridized carbons (Fsp3) is 0.429. The van der Waals surface area contributed by atoms with Gasteiger partial charge in [-0.25, -0.2) is 0 Å². The van der Waals surface area contributed by atoms with Crippen LogP contribution < -0.4 is 16.2 Å². The SMILES string of the molecule is C#CCCCC(NN)c1cccc(N(C)C)c1. The molecule has 17 heavy (non-hydrogen) atoms. The Labute approximate surface area is 104 Å². The molecule has 0 aliphatic heterocycles. The maximum atomic E-state index is 5.60. The lowest BCUT2D eigenvalue weighted by Crippen LogP contribution is -2.28. The van der Waals surface area contributed by atoms with Gasteiger partial charge in [-0.2, -0.15) is 0 Å². The average molecular weight is 231 g/mol. The number of hydrogen-bond donors (Lipinski definition) is 2. The fourth-order valence-corrected chi connectivity index (χ4v) is 1.77. The van der Waals surface area contributed by atoms with E-state index in [1.807, 2.05) is 14.1 Å². The van der Waals surface area contributed by atoms with Crippen LogP contribution in [0.25, 0.3) is 0 Å². The van der Waals surface area contributed by atoms with Crippen LogP contribution in [-0.2, 0) is 0 Å². The van der Waals surface area contributed by atoms with E-state index in [9.17, 15) is 0 Å². The predicted octanol–water partition coefficient (Wildman–Crippen LogP) is 2.06. The molecule has 1 aromatic carbocycles. The summed E-state index contributed by atoms with van der Waals surface area (Å²) in [6.07, 6.45) is 7.99. The van der Waals surface area contributed by atoms with Gasteiger partial charge in [0.15, 0.2) is 0 Å².